The molecule has 1 aromatic heterocycles. The lowest BCUT2D eigenvalue weighted by molar-refractivity contribution is -0.0329. The molecule has 2 rings (SSSR count). The Balaban J connectivity index is 2.25. The minimum absolute atomic E-state index is 0.0101. The Labute approximate surface area is 151 Å². The maximum atomic E-state index is 14.0. The third-order valence-corrected chi connectivity index (χ3v) is 4.47. The highest BCUT2D eigenvalue weighted by Gasteiger charge is 2.32. The Morgan fingerprint density at radius 1 is 1.23 bits per heavy atom. The normalized spacial score (nSPS) is 12.3. The largest absolute Gasteiger partial charge is 0.446 e. The first-order chi connectivity index (χ1) is 11.9. The van der Waals surface area contributed by atoms with E-state index >= 15 is 0 Å². The van der Waals surface area contributed by atoms with Crippen molar-refractivity contribution in [3.8, 4) is 0 Å². The maximum Gasteiger partial charge on any atom is 0.446 e. The van der Waals surface area contributed by atoms with Gasteiger partial charge in [-0.15, -0.1) is 0 Å². The van der Waals surface area contributed by atoms with E-state index < -0.39 is 44.7 Å². The molecule has 0 atom stereocenters. The Morgan fingerprint density at radius 2 is 1.88 bits per heavy atom. The molecule has 0 saturated heterocycles. The monoisotopic (exact) mass is 388 g/mol. The zero-order valence-electron chi connectivity index (χ0n) is 14.2. The molecule has 9 heteroatoms. The number of hydrogen-bond acceptors (Lipinski definition) is 4. The van der Waals surface area contributed by atoms with E-state index in [0.29, 0.717) is 11.4 Å². The van der Waals surface area contributed by atoms with Crippen molar-refractivity contribution in [3.63, 3.8) is 0 Å². The number of thioether (sulfide) groups is 1. The molecule has 140 valence electrons. The van der Waals surface area contributed by atoms with Gasteiger partial charge in [-0.1, -0.05) is 19.9 Å². The molecule has 0 unspecified atom stereocenters. The van der Waals surface area contributed by atoms with Gasteiger partial charge in [-0.3, -0.25) is 9.59 Å². The van der Waals surface area contributed by atoms with Crippen molar-refractivity contribution in [3.05, 3.63) is 57.5 Å². The Hall–Kier alpha value is -2.16. The van der Waals surface area contributed by atoms with Crippen molar-refractivity contribution in [1.29, 1.82) is 0 Å². The molecule has 0 aliphatic carbocycles. The number of nitrogens with one attached hydrogen (secondary N) is 1. The summed E-state index contributed by atoms with van der Waals surface area (Å²) in [4.78, 5) is 29.7. The van der Waals surface area contributed by atoms with Crippen molar-refractivity contribution in [2.24, 2.45) is 0 Å². The van der Waals surface area contributed by atoms with Crippen LogP contribution in [0.1, 0.15) is 42.1 Å². The van der Waals surface area contributed by atoms with Gasteiger partial charge in [0.25, 0.3) is 5.56 Å². The predicted octanol–water partition coefficient (Wildman–Crippen LogP) is 4.38. The minimum atomic E-state index is -4.59. The summed E-state index contributed by atoms with van der Waals surface area (Å²) in [5.41, 5.74) is -5.55. The van der Waals surface area contributed by atoms with Crippen LogP contribution in [-0.4, -0.2) is 21.3 Å². The second-order valence-electron chi connectivity index (χ2n) is 6.39. The van der Waals surface area contributed by atoms with Crippen LogP contribution in [0.3, 0.4) is 0 Å². The maximum absolute atomic E-state index is 14.0. The predicted molar refractivity (Wildman–Crippen MR) is 89.9 cm³/mol. The topological polar surface area (TPSA) is 62.8 Å². The molecule has 1 heterocycles. The van der Waals surface area contributed by atoms with Gasteiger partial charge in [0.1, 0.15) is 17.3 Å². The Bertz CT molecular complexity index is 891. The minimum Gasteiger partial charge on any atom is -0.311 e. The molecule has 0 amide bonds. The number of halogens is 4. The fourth-order valence-electron chi connectivity index (χ4n) is 2.45. The molecular weight excluding hydrogens is 372 g/mol. The van der Waals surface area contributed by atoms with Gasteiger partial charge in [-0.2, -0.15) is 13.2 Å². The van der Waals surface area contributed by atoms with Crippen LogP contribution in [0.15, 0.2) is 34.0 Å². The van der Waals surface area contributed by atoms with Gasteiger partial charge in [-0.25, -0.2) is 9.37 Å². The van der Waals surface area contributed by atoms with E-state index in [1.165, 1.54) is 13.0 Å². The number of nitrogens with zero attached hydrogens (tertiary/aromatic N) is 1. The second-order valence-corrected chi connectivity index (χ2v) is 7.50. The van der Waals surface area contributed by atoms with Gasteiger partial charge in [0.15, 0.2) is 5.78 Å². The molecule has 0 fully saturated rings. The number of carbonyl (C=O) groups is 1. The standard InChI is InChI=1S/C17H16F4N2O2S/c1-9-22-12(7-15(25)23-9)13(24)8-16(2,3)10-4-5-14(11(18)6-10)26-17(19,20)21/h4-7H,8H2,1-3H3,(H,22,23,25). The molecule has 0 aliphatic rings. The third kappa shape index (κ3) is 5.17. The zero-order valence-corrected chi connectivity index (χ0v) is 15.0. The number of carbonyl (C=O) groups excluding carboxylic acids is 1. The lowest BCUT2D eigenvalue weighted by Gasteiger charge is -2.25. The number of benzene rings is 1. The van der Waals surface area contributed by atoms with Gasteiger partial charge in [-0.05, 0) is 41.8 Å². The summed E-state index contributed by atoms with van der Waals surface area (Å²) in [7, 11) is 0. The van der Waals surface area contributed by atoms with Crippen LogP contribution in [0.2, 0.25) is 0 Å². The van der Waals surface area contributed by atoms with Crippen molar-refractivity contribution in [2.45, 2.75) is 43.0 Å². The molecule has 1 N–H and O–H groups in total. The fraction of sp³-hybridized carbons (Fsp3) is 0.353. The van der Waals surface area contributed by atoms with Crippen molar-refractivity contribution < 1.29 is 22.4 Å². The summed E-state index contributed by atoms with van der Waals surface area (Å²) in [6.07, 6.45) is -0.0892. The number of rotatable bonds is 5. The molecule has 0 saturated carbocycles. The number of H-pyrrole nitrogens is 1. The number of aromatic nitrogens is 2. The quantitative estimate of drug-likeness (QED) is 0.469. The third-order valence-electron chi connectivity index (χ3n) is 3.69. The molecule has 0 radical (unpaired) electrons. The summed E-state index contributed by atoms with van der Waals surface area (Å²) in [5.74, 6) is -1.13. The van der Waals surface area contributed by atoms with Crippen LogP contribution in [0, 0.1) is 12.7 Å². The first-order valence-corrected chi connectivity index (χ1v) is 8.36. The van der Waals surface area contributed by atoms with Crippen LogP contribution in [0.25, 0.3) is 0 Å². The van der Waals surface area contributed by atoms with Gasteiger partial charge in [0, 0.05) is 12.5 Å². The van der Waals surface area contributed by atoms with E-state index in [2.05, 4.69) is 9.97 Å². The number of Topliss-reactive ketones (excluding diaryl/α,β-unsaturated/α-hetero) is 1. The summed E-state index contributed by atoms with van der Waals surface area (Å²) in [6.45, 7) is 4.86. The SMILES string of the molecule is Cc1nc(C(=O)CC(C)(C)c2ccc(SC(F)(F)F)c(F)c2)cc(=O)[nH]1. The van der Waals surface area contributed by atoms with E-state index in [4.69, 9.17) is 0 Å². The lowest BCUT2D eigenvalue weighted by atomic mass is 9.79. The zero-order chi connectivity index (χ0) is 19.7. The van der Waals surface area contributed by atoms with Crippen LogP contribution < -0.4 is 5.56 Å². The smallest absolute Gasteiger partial charge is 0.311 e. The average Bonchev–Trinajstić information content (AvgIpc) is 2.46. The Morgan fingerprint density at radius 3 is 2.42 bits per heavy atom. The molecule has 0 spiro atoms. The molecule has 4 nitrogen and oxygen atoms in total. The average molecular weight is 388 g/mol. The van der Waals surface area contributed by atoms with Crippen LogP contribution >= 0.6 is 11.8 Å². The fourth-order valence-corrected chi connectivity index (χ4v) is 2.99. The van der Waals surface area contributed by atoms with Crippen LogP contribution in [0.5, 0.6) is 0 Å². The summed E-state index contributed by atoms with van der Waals surface area (Å²) in [6, 6.07) is 4.48. The van der Waals surface area contributed by atoms with Gasteiger partial charge in [0.05, 0.1) is 4.90 Å². The number of alkyl halides is 3. The number of aromatic amines is 1. The molecule has 26 heavy (non-hydrogen) atoms. The van der Waals surface area contributed by atoms with Gasteiger partial charge in [0.2, 0.25) is 0 Å². The molecule has 0 bridgehead atoms. The summed E-state index contributed by atoms with van der Waals surface area (Å²) >= 11 is -0.529. The van der Waals surface area contributed by atoms with E-state index in [0.717, 1.165) is 18.2 Å². The number of hydrogen-bond donors (Lipinski definition) is 1. The van der Waals surface area contributed by atoms with E-state index in [1.807, 2.05) is 0 Å². The van der Waals surface area contributed by atoms with Gasteiger partial charge >= 0.3 is 5.51 Å². The molecule has 0 aliphatic heterocycles. The molecular formula is C17H16F4N2O2S. The lowest BCUT2D eigenvalue weighted by Crippen LogP contribution is -2.24. The Kier molecular flexibility index (Phi) is 5.60. The summed E-state index contributed by atoms with van der Waals surface area (Å²) < 4.78 is 51.2. The van der Waals surface area contributed by atoms with Crippen molar-refractivity contribution >= 4 is 17.5 Å². The van der Waals surface area contributed by atoms with E-state index in [1.54, 1.807) is 13.8 Å². The molecule has 1 aromatic carbocycles. The number of aryl methyl sites for hydroxylation is 1. The highest BCUT2D eigenvalue weighted by molar-refractivity contribution is 8.00. The highest BCUT2D eigenvalue weighted by Crippen LogP contribution is 2.39. The van der Waals surface area contributed by atoms with Crippen molar-refractivity contribution in [2.75, 3.05) is 0 Å². The van der Waals surface area contributed by atoms with Crippen molar-refractivity contribution in [1.82, 2.24) is 9.97 Å². The van der Waals surface area contributed by atoms with E-state index in [-0.39, 0.29) is 12.1 Å². The van der Waals surface area contributed by atoms with Crippen LogP contribution in [0.4, 0.5) is 17.6 Å². The summed E-state index contributed by atoms with van der Waals surface area (Å²) in [5, 5.41) is 0. The number of ketones is 1. The highest BCUT2D eigenvalue weighted by atomic mass is 32.2. The first kappa shape index (κ1) is 20.2. The second kappa shape index (κ2) is 7.22. The first-order valence-electron chi connectivity index (χ1n) is 7.54. The molecule has 2 aromatic rings. The van der Waals surface area contributed by atoms with E-state index in [9.17, 15) is 27.2 Å². The van der Waals surface area contributed by atoms with Crippen LogP contribution in [-0.2, 0) is 5.41 Å². The van der Waals surface area contributed by atoms with Gasteiger partial charge < -0.3 is 4.98 Å².